The van der Waals surface area contributed by atoms with Crippen LogP contribution in [0.5, 0.6) is 5.75 Å². The number of hydrogen-bond donors (Lipinski definition) is 0. The van der Waals surface area contributed by atoms with Gasteiger partial charge in [-0.3, -0.25) is 4.90 Å². The topological polar surface area (TPSA) is 21.7 Å². The van der Waals surface area contributed by atoms with Crippen molar-refractivity contribution in [3.05, 3.63) is 102 Å². The Labute approximate surface area is 210 Å². The molecule has 0 N–H and O–H groups in total. The summed E-state index contributed by atoms with van der Waals surface area (Å²) in [4.78, 5) is 2.40. The second kappa shape index (κ2) is 9.90. The van der Waals surface area contributed by atoms with Crippen molar-refractivity contribution in [1.29, 1.82) is 0 Å². The van der Waals surface area contributed by atoms with Crippen molar-refractivity contribution in [2.45, 2.75) is 64.0 Å². The summed E-state index contributed by atoms with van der Waals surface area (Å²) >= 11 is 0. The molecule has 0 radical (unpaired) electrons. The van der Waals surface area contributed by atoms with Gasteiger partial charge >= 0.3 is 0 Å². The molecule has 3 nitrogen and oxygen atoms in total. The molecule has 0 amide bonds. The molecule has 3 heteroatoms. The van der Waals surface area contributed by atoms with Gasteiger partial charge < -0.3 is 9.47 Å². The van der Waals surface area contributed by atoms with E-state index < -0.39 is 5.60 Å². The maximum absolute atomic E-state index is 6.79. The molecule has 0 unspecified atom stereocenters. The SMILES string of the molecule is CC1(C)Oc2ccccc2[C@@H]2O[C@](C)(C#CCN(Cc3ccccc3)Cc3ccccc3)CC[C@@H]21. The summed E-state index contributed by atoms with van der Waals surface area (Å²) in [6, 6.07) is 29.6. The zero-order chi connectivity index (χ0) is 24.3. The largest absolute Gasteiger partial charge is 0.487 e. The number of hydrogen-bond acceptors (Lipinski definition) is 3. The van der Waals surface area contributed by atoms with Crippen molar-refractivity contribution in [3.63, 3.8) is 0 Å². The predicted molar refractivity (Wildman–Crippen MR) is 141 cm³/mol. The Hall–Kier alpha value is -3.06. The van der Waals surface area contributed by atoms with Crippen LogP contribution in [0.25, 0.3) is 0 Å². The van der Waals surface area contributed by atoms with E-state index >= 15 is 0 Å². The average molecular weight is 466 g/mol. The van der Waals surface area contributed by atoms with Crippen LogP contribution in [0.4, 0.5) is 0 Å². The molecule has 3 aromatic rings. The van der Waals surface area contributed by atoms with Crippen molar-refractivity contribution < 1.29 is 9.47 Å². The van der Waals surface area contributed by atoms with E-state index in [9.17, 15) is 0 Å². The highest BCUT2D eigenvalue weighted by Crippen LogP contribution is 2.52. The van der Waals surface area contributed by atoms with E-state index in [-0.39, 0.29) is 11.7 Å². The molecule has 0 aromatic heterocycles. The van der Waals surface area contributed by atoms with Gasteiger partial charge in [-0.1, -0.05) is 90.7 Å². The van der Waals surface area contributed by atoms with E-state index in [4.69, 9.17) is 9.47 Å². The molecule has 0 bridgehead atoms. The molecule has 0 aliphatic carbocycles. The molecule has 2 aliphatic heterocycles. The molecule has 35 heavy (non-hydrogen) atoms. The van der Waals surface area contributed by atoms with Crippen LogP contribution in [0, 0.1) is 17.8 Å². The van der Waals surface area contributed by atoms with Crippen LogP contribution in [-0.4, -0.2) is 22.6 Å². The second-order valence-electron chi connectivity index (χ2n) is 10.6. The molecule has 0 spiro atoms. The monoisotopic (exact) mass is 465 g/mol. The summed E-state index contributed by atoms with van der Waals surface area (Å²) < 4.78 is 13.1. The molecule has 3 atom stereocenters. The van der Waals surface area contributed by atoms with Gasteiger partial charge in [0.1, 0.15) is 17.0 Å². The Bertz CT molecular complexity index is 1150. The van der Waals surface area contributed by atoms with E-state index in [1.54, 1.807) is 0 Å². The molecule has 1 fully saturated rings. The highest BCUT2D eigenvalue weighted by atomic mass is 16.5. The molecule has 0 saturated carbocycles. The normalized spacial score (nSPS) is 24.5. The highest BCUT2D eigenvalue weighted by Gasteiger charge is 2.49. The van der Waals surface area contributed by atoms with E-state index in [1.807, 2.05) is 6.07 Å². The fourth-order valence-corrected chi connectivity index (χ4v) is 5.44. The van der Waals surface area contributed by atoms with Crippen LogP contribution in [0.15, 0.2) is 84.9 Å². The fourth-order valence-electron chi connectivity index (χ4n) is 5.44. The van der Waals surface area contributed by atoms with Crippen molar-refractivity contribution >= 4 is 0 Å². The molecular weight excluding hydrogens is 430 g/mol. The van der Waals surface area contributed by atoms with E-state index in [0.717, 1.165) is 37.2 Å². The number of benzene rings is 3. The first-order valence-electron chi connectivity index (χ1n) is 12.7. The Morgan fingerprint density at radius 2 is 1.43 bits per heavy atom. The molecular formula is C32H35NO2. The number of para-hydroxylation sites is 1. The number of ether oxygens (including phenoxy) is 2. The summed E-state index contributed by atoms with van der Waals surface area (Å²) in [7, 11) is 0. The zero-order valence-electron chi connectivity index (χ0n) is 21.0. The lowest BCUT2D eigenvalue weighted by Gasteiger charge is -2.50. The van der Waals surface area contributed by atoms with Crippen molar-refractivity contribution in [1.82, 2.24) is 4.90 Å². The number of rotatable bonds is 5. The lowest BCUT2D eigenvalue weighted by Crippen LogP contribution is -2.50. The Morgan fingerprint density at radius 1 is 0.829 bits per heavy atom. The van der Waals surface area contributed by atoms with Gasteiger partial charge in [-0.15, -0.1) is 0 Å². The van der Waals surface area contributed by atoms with Crippen LogP contribution in [-0.2, 0) is 17.8 Å². The van der Waals surface area contributed by atoms with Crippen LogP contribution in [0.1, 0.15) is 56.4 Å². The van der Waals surface area contributed by atoms with E-state index in [0.29, 0.717) is 12.5 Å². The predicted octanol–water partition coefficient (Wildman–Crippen LogP) is 6.79. The smallest absolute Gasteiger partial charge is 0.126 e. The first kappa shape index (κ1) is 23.7. The molecule has 5 rings (SSSR count). The van der Waals surface area contributed by atoms with Gasteiger partial charge in [-0.25, -0.2) is 0 Å². The molecule has 2 aliphatic rings. The number of nitrogens with zero attached hydrogens (tertiary/aromatic N) is 1. The Balaban J connectivity index is 1.33. The fraction of sp³-hybridized carbons (Fsp3) is 0.375. The van der Waals surface area contributed by atoms with Gasteiger partial charge in [-0.05, 0) is 50.8 Å². The van der Waals surface area contributed by atoms with Crippen molar-refractivity contribution in [3.8, 4) is 17.6 Å². The van der Waals surface area contributed by atoms with Crippen LogP contribution >= 0.6 is 0 Å². The van der Waals surface area contributed by atoms with Crippen LogP contribution in [0.2, 0.25) is 0 Å². The summed E-state index contributed by atoms with van der Waals surface area (Å²) in [5.74, 6) is 8.29. The lowest BCUT2D eigenvalue weighted by atomic mass is 9.73. The summed E-state index contributed by atoms with van der Waals surface area (Å²) in [6.07, 6.45) is 1.95. The quantitative estimate of drug-likeness (QED) is 0.387. The summed E-state index contributed by atoms with van der Waals surface area (Å²) in [5, 5.41) is 0. The average Bonchev–Trinajstić information content (AvgIpc) is 2.85. The van der Waals surface area contributed by atoms with Crippen LogP contribution in [0.3, 0.4) is 0 Å². The molecule has 2 heterocycles. The highest BCUT2D eigenvalue weighted by molar-refractivity contribution is 5.39. The van der Waals surface area contributed by atoms with Gasteiger partial charge in [0.05, 0.1) is 12.6 Å². The summed E-state index contributed by atoms with van der Waals surface area (Å²) in [5.41, 5.74) is 3.03. The van der Waals surface area contributed by atoms with Gasteiger partial charge in [0.15, 0.2) is 0 Å². The minimum atomic E-state index is -0.465. The number of fused-ring (bicyclic) bond motifs is 3. The van der Waals surface area contributed by atoms with Gasteiger partial charge in [0.2, 0.25) is 0 Å². The lowest BCUT2D eigenvalue weighted by molar-refractivity contribution is -0.169. The maximum Gasteiger partial charge on any atom is 0.126 e. The van der Waals surface area contributed by atoms with Gasteiger partial charge in [0.25, 0.3) is 0 Å². The van der Waals surface area contributed by atoms with Crippen LogP contribution < -0.4 is 4.74 Å². The van der Waals surface area contributed by atoms with Crippen molar-refractivity contribution in [2.75, 3.05) is 6.54 Å². The Morgan fingerprint density at radius 3 is 2.09 bits per heavy atom. The Kier molecular flexibility index (Phi) is 6.69. The van der Waals surface area contributed by atoms with E-state index in [2.05, 4.69) is 116 Å². The standard InChI is InChI=1S/C32H35NO2/c1-31(2)28-19-21-32(3,35-30(28)27-17-10-11-18-29(27)34-31)20-12-22-33(23-25-13-6-4-7-14-25)24-26-15-8-5-9-16-26/h4-11,13-18,28,30H,19,21-24H2,1-3H3/t28-,30-,32+/m0/s1. The minimum Gasteiger partial charge on any atom is -0.487 e. The maximum atomic E-state index is 6.79. The third-order valence-corrected chi connectivity index (χ3v) is 7.33. The third kappa shape index (κ3) is 5.45. The van der Waals surface area contributed by atoms with Crippen molar-refractivity contribution in [2.24, 2.45) is 5.92 Å². The third-order valence-electron chi connectivity index (χ3n) is 7.33. The zero-order valence-corrected chi connectivity index (χ0v) is 21.0. The molecule has 180 valence electrons. The van der Waals surface area contributed by atoms with E-state index in [1.165, 1.54) is 11.1 Å². The van der Waals surface area contributed by atoms with Gasteiger partial charge in [-0.2, -0.15) is 0 Å². The molecule has 3 aromatic carbocycles. The first-order valence-corrected chi connectivity index (χ1v) is 12.7. The summed E-state index contributed by atoms with van der Waals surface area (Å²) in [6.45, 7) is 8.95. The second-order valence-corrected chi connectivity index (χ2v) is 10.6. The minimum absolute atomic E-state index is 0.00717. The van der Waals surface area contributed by atoms with Gasteiger partial charge in [0, 0.05) is 24.6 Å². The molecule has 1 saturated heterocycles. The first-order chi connectivity index (χ1) is 16.9.